The lowest BCUT2D eigenvalue weighted by Gasteiger charge is -2.20. The summed E-state index contributed by atoms with van der Waals surface area (Å²) >= 11 is 0. The molecule has 1 aliphatic carbocycles. The van der Waals surface area contributed by atoms with Gasteiger partial charge in [-0.05, 0) is 54.0 Å². The van der Waals surface area contributed by atoms with Gasteiger partial charge in [0.1, 0.15) is 5.84 Å². The Morgan fingerprint density at radius 3 is 2.18 bits per heavy atom. The van der Waals surface area contributed by atoms with Crippen LogP contribution in [0.2, 0.25) is 0 Å². The zero-order chi connectivity index (χ0) is 14.1. The molecule has 2 nitrogen and oxygen atoms in total. The number of nitrogens with zero attached hydrogens (tertiary/aromatic N) is 1. The summed E-state index contributed by atoms with van der Waals surface area (Å²) in [7, 11) is 0. The highest BCUT2D eigenvalue weighted by Gasteiger charge is 2.18. The number of nitrogens with one attached hydrogen (secondary N) is 1. The van der Waals surface area contributed by atoms with Crippen LogP contribution < -0.4 is 5.32 Å². The summed E-state index contributed by atoms with van der Waals surface area (Å²) in [6.45, 7) is 1.85. The van der Waals surface area contributed by atoms with E-state index in [-0.39, 0.29) is 24.0 Å². The first-order chi connectivity index (χ1) is 10.4. The summed E-state index contributed by atoms with van der Waals surface area (Å²) in [5, 5.41) is 3.44. The molecule has 2 aliphatic rings. The lowest BCUT2D eigenvalue weighted by molar-refractivity contribution is 0.685. The molecule has 4 rings (SSSR count). The van der Waals surface area contributed by atoms with Crippen LogP contribution in [0.25, 0.3) is 11.1 Å². The van der Waals surface area contributed by atoms with Gasteiger partial charge in [-0.3, -0.25) is 4.99 Å². The monoisotopic (exact) mass is 404 g/mol. The van der Waals surface area contributed by atoms with Gasteiger partial charge in [0.15, 0.2) is 0 Å². The first-order valence-electron chi connectivity index (χ1n) is 7.92. The van der Waals surface area contributed by atoms with Crippen LogP contribution in [0.15, 0.2) is 47.5 Å². The number of halogens is 1. The third-order valence-electron chi connectivity index (χ3n) is 4.50. The zero-order valence-electron chi connectivity index (χ0n) is 12.6. The molecule has 0 spiro atoms. The summed E-state index contributed by atoms with van der Waals surface area (Å²) in [4.78, 5) is 4.65. The van der Waals surface area contributed by atoms with Crippen molar-refractivity contribution in [2.24, 2.45) is 4.99 Å². The summed E-state index contributed by atoms with van der Waals surface area (Å²) in [6, 6.07) is 15.5. The van der Waals surface area contributed by atoms with Crippen molar-refractivity contribution in [3.05, 3.63) is 59.2 Å². The van der Waals surface area contributed by atoms with Gasteiger partial charge in [-0.2, -0.15) is 0 Å². The Morgan fingerprint density at radius 2 is 1.55 bits per heavy atom. The molecule has 0 bridgehead atoms. The second-order valence-corrected chi connectivity index (χ2v) is 5.90. The topological polar surface area (TPSA) is 24.4 Å². The van der Waals surface area contributed by atoms with Gasteiger partial charge in [0.05, 0.1) is 6.54 Å². The number of fused-ring (bicyclic) bond motifs is 1. The summed E-state index contributed by atoms with van der Waals surface area (Å²) < 4.78 is 0. The standard InChI is InChI=1S/C19H20N2.HI/c1-2-6-14(7-3-1)17-12-15-8-4-5-9-16(15)13-18(17)19-20-10-11-21-19;/h1-3,6-7,12-13H,4-5,8-11H2,(H,20,21);1H. The average molecular weight is 404 g/mol. The highest BCUT2D eigenvalue weighted by molar-refractivity contribution is 14.0. The smallest absolute Gasteiger partial charge is 0.129 e. The van der Waals surface area contributed by atoms with Gasteiger partial charge in [-0.1, -0.05) is 36.4 Å². The Labute approximate surface area is 149 Å². The van der Waals surface area contributed by atoms with E-state index in [2.05, 4.69) is 52.8 Å². The second-order valence-electron chi connectivity index (χ2n) is 5.90. The highest BCUT2D eigenvalue weighted by atomic mass is 127. The molecule has 0 atom stereocenters. The van der Waals surface area contributed by atoms with E-state index in [4.69, 9.17) is 0 Å². The largest absolute Gasteiger partial charge is 0.368 e. The fourth-order valence-corrected chi connectivity index (χ4v) is 3.42. The van der Waals surface area contributed by atoms with Crippen molar-refractivity contribution in [1.29, 1.82) is 0 Å². The Bertz CT molecular complexity index is 692. The summed E-state index contributed by atoms with van der Waals surface area (Å²) in [5.41, 5.74) is 6.94. The van der Waals surface area contributed by atoms with Crippen molar-refractivity contribution in [2.45, 2.75) is 25.7 Å². The molecular weight excluding hydrogens is 383 g/mol. The predicted molar refractivity (Wildman–Crippen MR) is 103 cm³/mol. The van der Waals surface area contributed by atoms with Gasteiger partial charge in [0.2, 0.25) is 0 Å². The first kappa shape index (κ1) is 15.5. The second kappa shape index (κ2) is 6.82. The number of aryl methyl sites for hydroxylation is 2. The maximum atomic E-state index is 4.65. The lowest BCUT2D eigenvalue weighted by atomic mass is 9.86. The Kier molecular flexibility index (Phi) is 4.81. The molecule has 0 unspecified atom stereocenters. The third kappa shape index (κ3) is 2.91. The van der Waals surface area contributed by atoms with Gasteiger partial charge in [-0.15, -0.1) is 24.0 Å². The molecule has 1 heterocycles. The Balaban J connectivity index is 0.00000144. The van der Waals surface area contributed by atoms with Crippen molar-refractivity contribution < 1.29 is 0 Å². The van der Waals surface area contributed by atoms with Crippen molar-refractivity contribution in [3.8, 4) is 11.1 Å². The zero-order valence-corrected chi connectivity index (χ0v) is 15.0. The maximum Gasteiger partial charge on any atom is 0.129 e. The van der Waals surface area contributed by atoms with E-state index in [1.165, 1.54) is 53.5 Å². The van der Waals surface area contributed by atoms with Gasteiger partial charge in [0.25, 0.3) is 0 Å². The molecule has 0 fully saturated rings. The van der Waals surface area contributed by atoms with Crippen molar-refractivity contribution >= 4 is 29.8 Å². The number of hydrogen-bond donors (Lipinski definition) is 1. The van der Waals surface area contributed by atoms with Crippen LogP contribution in [-0.4, -0.2) is 18.9 Å². The van der Waals surface area contributed by atoms with Gasteiger partial charge < -0.3 is 5.32 Å². The third-order valence-corrected chi connectivity index (χ3v) is 4.50. The van der Waals surface area contributed by atoms with E-state index in [0.29, 0.717) is 0 Å². The molecule has 0 saturated carbocycles. The molecule has 0 radical (unpaired) electrons. The number of rotatable bonds is 2. The molecule has 0 saturated heterocycles. The maximum absolute atomic E-state index is 4.65. The average Bonchev–Trinajstić information content (AvgIpc) is 3.09. The minimum Gasteiger partial charge on any atom is -0.368 e. The van der Waals surface area contributed by atoms with Crippen LogP contribution in [0.3, 0.4) is 0 Å². The summed E-state index contributed by atoms with van der Waals surface area (Å²) in [5.74, 6) is 1.07. The van der Waals surface area contributed by atoms with Gasteiger partial charge >= 0.3 is 0 Å². The van der Waals surface area contributed by atoms with Crippen LogP contribution in [0, 0.1) is 0 Å². The van der Waals surface area contributed by atoms with Crippen LogP contribution in [0.5, 0.6) is 0 Å². The number of benzene rings is 2. The fraction of sp³-hybridized carbons (Fsp3) is 0.316. The number of amidine groups is 1. The summed E-state index contributed by atoms with van der Waals surface area (Å²) in [6.07, 6.45) is 5.07. The molecule has 2 aromatic rings. The minimum absolute atomic E-state index is 0. The first-order valence-corrected chi connectivity index (χ1v) is 7.92. The van der Waals surface area contributed by atoms with Crippen molar-refractivity contribution in [1.82, 2.24) is 5.32 Å². The van der Waals surface area contributed by atoms with Crippen LogP contribution in [0.1, 0.15) is 29.5 Å². The fourth-order valence-electron chi connectivity index (χ4n) is 3.42. The normalized spacial score (nSPS) is 16.3. The molecule has 2 aromatic carbocycles. The van der Waals surface area contributed by atoms with E-state index in [1.54, 1.807) is 0 Å². The van der Waals surface area contributed by atoms with Gasteiger partial charge in [-0.25, -0.2) is 0 Å². The molecule has 22 heavy (non-hydrogen) atoms. The van der Waals surface area contributed by atoms with E-state index in [1.807, 2.05) is 0 Å². The van der Waals surface area contributed by atoms with Crippen LogP contribution in [0.4, 0.5) is 0 Å². The van der Waals surface area contributed by atoms with Crippen molar-refractivity contribution in [2.75, 3.05) is 13.1 Å². The Hall–Kier alpha value is -1.36. The van der Waals surface area contributed by atoms with E-state index >= 15 is 0 Å². The quantitative estimate of drug-likeness (QED) is 0.746. The molecule has 3 heteroatoms. The minimum atomic E-state index is 0. The van der Waals surface area contributed by atoms with E-state index in [9.17, 15) is 0 Å². The molecule has 1 N–H and O–H groups in total. The lowest BCUT2D eigenvalue weighted by Crippen LogP contribution is -2.21. The predicted octanol–water partition coefficient (Wildman–Crippen LogP) is 4.20. The van der Waals surface area contributed by atoms with E-state index < -0.39 is 0 Å². The van der Waals surface area contributed by atoms with Crippen molar-refractivity contribution in [3.63, 3.8) is 0 Å². The van der Waals surface area contributed by atoms with Crippen LogP contribution in [-0.2, 0) is 12.8 Å². The molecule has 1 aliphatic heterocycles. The highest BCUT2D eigenvalue weighted by Crippen LogP contribution is 2.31. The van der Waals surface area contributed by atoms with Gasteiger partial charge in [0, 0.05) is 12.1 Å². The molecule has 0 amide bonds. The Morgan fingerprint density at radius 1 is 0.864 bits per heavy atom. The van der Waals surface area contributed by atoms with Crippen LogP contribution >= 0.6 is 24.0 Å². The SMILES string of the molecule is I.c1ccc(-c2cc3c(cc2C2=NCCN2)CCCC3)cc1. The van der Waals surface area contributed by atoms with E-state index in [0.717, 1.165) is 18.9 Å². The number of aliphatic imine (C=N–C) groups is 1. The number of hydrogen-bond acceptors (Lipinski definition) is 2. The molecular formula is C19H21IN2. The molecule has 0 aromatic heterocycles. The molecule has 114 valence electrons.